The van der Waals surface area contributed by atoms with Gasteiger partial charge in [0.15, 0.2) is 16.7 Å². The van der Waals surface area contributed by atoms with Crippen LogP contribution in [0.2, 0.25) is 0 Å². The molecule has 0 bridgehead atoms. The standard InChI is InChI=1S/C19H21N5O4S/c1-28-13-8-6-11(7-9-13)17(26)22-15-16(20)23-19(24-18(15)27)29-10-14(25)21-12-4-2-3-5-12/h6-9,12H,2-5,10H2,1H3,(H,21,25)(H2,20,23,24,27). The molecule has 29 heavy (non-hydrogen) atoms. The normalized spacial score (nSPS) is 18.4. The van der Waals surface area contributed by atoms with Crippen molar-refractivity contribution in [3.8, 4) is 5.75 Å². The third kappa shape index (κ3) is 5.50. The smallest absolute Gasteiger partial charge is 0.279 e. The van der Waals surface area contributed by atoms with E-state index in [9.17, 15) is 14.4 Å². The molecule has 0 radical (unpaired) electrons. The Morgan fingerprint density at radius 2 is 2.00 bits per heavy atom. The molecule has 0 saturated heterocycles. The predicted molar refractivity (Wildman–Crippen MR) is 111 cm³/mol. The zero-order valence-corrected chi connectivity index (χ0v) is 16.7. The highest BCUT2D eigenvalue weighted by Gasteiger charge is 2.26. The van der Waals surface area contributed by atoms with Gasteiger partial charge in [0, 0.05) is 11.6 Å². The number of nitrogens with one attached hydrogen (secondary N) is 3. The zero-order valence-electron chi connectivity index (χ0n) is 15.9. The Morgan fingerprint density at radius 1 is 1.31 bits per heavy atom. The monoisotopic (exact) mass is 415 g/mol. The molecule has 1 aromatic rings. The van der Waals surface area contributed by atoms with E-state index in [0.29, 0.717) is 5.75 Å². The summed E-state index contributed by atoms with van der Waals surface area (Å²) in [7, 11) is 1.51. The molecule has 0 spiro atoms. The molecule has 0 atom stereocenters. The number of amides is 3. The van der Waals surface area contributed by atoms with Crippen LogP contribution < -0.4 is 15.4 Å². The highest BCUT2D eigenvalue weighted by atomic mass is 32.2. The van der Waals surface area contributed by atoms with E-state index in [4.69, 9.17) is 10.1 Å². The lowest BCUT2D eigenvalue weighted by atomic mass is 10.2. The van der Waals surface area contributed by atoms with Gasteiger partial charge < -0.3 is 10.1 Å². The van der Waals surface area contributed by atoms with E-state index in [1.165, 1.54) is 19.2 Å². The third-order valence-electron chi connectivity index (χ3n) is 4.48. The van der Waals surface area contributed by atoms with E-state index in [-0.39, 0.29) is 34.1 Å². The van der Waals surface area contributed by atoms with Crippen molar-refractivity contribution in [1.82, 2.24) is 10.6 Å². The van der Waals surface area contributed by atoms with Gasteiger partial charge >= 0.3 is 0 Å². The summed E-state index contributed by atoms with van der Waals surface area (Å²) in [6.07, 6.45) is 4.21. The van der Waals surface area contributed by atoms with Crippen LogP contribution in [0.25, 0.3) is 0 Å². The van der Waals surface area contributed by atoms with Gasteiger partial charge in [-0.2, -0.15) is 4.99 Å². The van der Waals surface area contributed by atoms with Crippen LogP contribution in [0.3, 0.4) is 0 Å². The van der Waals surface area contributed by atoms with E-state index >= 15 is 0 Å². The van der Waals surface area contributed by atoms with Crippen LogP contribution in [0.4, 0.5) is 0 Å². The topological polar surface area (TPSA) is 133 Å². The number of carbonyl (C=O) groups is 3. The van der Waals surface area contributed by atoms with Crippen molar-refractivity contribution in [2.75, 3.05) is 12.9 Å². The Hall–Kier alpha value is -3.01. The minimum absolute atomic E-state index is 0.0835. The van der Waals surface area contributed by atoms with Gasteiger partial charge in [-0.15, -0.1) is 0 Å². The first-order valence-electron chi connectivity index (χ1n) is 9.14. The second-order valence-corrected chi connectivity index (χ2v) is 7.52. The van der Waals surface area contributed by atoms with Crippen molar-refractivity contribution in [1.29, 1.82) is 5.41 Å². The van der Waals surface area contributed by atoms with Crippen LogP contribution >= 0.6 is 11.8 Å². The van der Waals surface area contributed by atoms with E-state index in [2.05, 4.69) is 20.6 Å². The molecule has 3 rings (SSSR count). The summed E-state index contributed by atoms with van der Waals surface area (Å²) < 4.78 is 5.03. The molecule has 1 aliphatic heterocycles. The number of thioether (sulfide) groups is 1. The van der Waals surface area contributed by atoms with Crippen LogP contribution in [0.15, 0.2) is 34.3 Å². The lowest BCUT2D eigenvalue weighted by Gasteiger charge is -2.15. The lowest BCUT2D eigenvalue weighted by Crippen LogP contribution is -2.44. The van der Waals surface area contributed by atoms with Gasteiger partial charge in [0.1, 0.15) is 5.75 Å². The van der Waals surface area contributed by atoms with Crippen LogP contribution in [-0.4, -0.2) is 53.3 Å². The fraction of sp³-hybridized carbons (Fsp3) is 0.368. The average Bonchev–Trinajstić information content (AvgIpc) is 3.22. The molecule has 1 fully saturated rings. The zero-order chi connectivity index (χ0) is 20.8. The molecule has 0 unspecified atom stereocenters. The Bertz CT molecular complexity index is 888. The number of aliphatic imine (C=N–C) groups is 2. The van der Waals surface area contributed by atoms with Crippen LogP contribution in [-0.2, 0) is 9.59 Å². The van der Waals surface area contributed by atoms with E-state index in [1.807, 2.05) is 0 Å². The lowest BCUT2D eigenvalue weighted by molar-refractivity contribution is -0.119. The Morgan fingerprint density at radius 3 is 2.62 bits per heavy atom. The number of benzene rings is 1. The van der Waals surface area contributed by atoms with Crippen molar-refractivity contribution < 1.29 is 19.1 Å². The highest BCUT2D eigenvalue weighted by molar-refractivity contribution is 8.14. The summed E-state index contributed by atoms with van der Waals surface area (Å²) in [4.78, 5) is 44.2. The quantitative estimate of drug-likeness (QED) is 0.671. The minimum Gasteiger partial charge on any atom is -0.497 e. The Labute approximate surface area is 171 Å². The number of methoxy groups -OCH3 is 1. The molecule has 1 saturated carbocycles. The summed E-state index contributed by atoms with van der Waals surface area (Å²) >= 11 is 1.03. The first-order chi connectivity index (χ1) is 14.0. The molecule has 1 heterocycles. The number of amidine groups is 2. The molecule has 3 amide bonds. The molecular weight excluding hydrogens is 394 g/mol. The van der Waals surface area contributed by atoms with Gasteiger partial charge in [0.2, 0.25) is 5.91 Å². The number of carbonyl (C=O) groups excluding carboxylic acids is 3. The molecule has 9 nitrogen and oxygen atoms in total. The molecule has 152 valence electrons. The molecule has 3 N–H and O–H groups in total. The predicted octanol–water partition coefficient (Wildman–Crippen LogP) is 1.53. The Kier molecular flexibility index (Phi) is 6.76. The maximum absolute atomic E-state index is 12.3. The van der Waals surface area contributed by atoms with Gasteiger partial charge in [-0.25, -0.2) is 4.99 Å². The van der Waals surface area contributed by atoms with E-state index < -0.39 is 17.6 Å². The maximum atomic E-state index is 12.3. The Balaban J connectivity index is 1.60. The number of ether oxygens (including phenoxy) is 1. The summed E-state index contributed by atoms with van der Waals surface area (Å²) in [6.45, 7) is 0. The molecule has 1 aromatic carbocycles. The number of nitrogens with zero attached hydrogens (tertiary/aromatic N) is 2. The first kappa shape index (κ1) is 20.7. The maximum Gasteiger partial charge on any atom is 0.279 e. The van der Waals surface area contributed by atoms with Crippen LogP contribution in [0.1, 0.15) is 36.0 Å². The van der Waals surface area contributed by atoms with Crippen LogP contribution in [0.5, 0.6) is 5.75 Å². The molecule has 10 heteroatoms. The third-order valence-corrected chi connectivity index (χ3v) is 5.36. The van der Waals surface area contributed by atoms with Crippen LogP contribution in [0, 0.1) is 5.41 Å². The van der Waals surface area contributed by atoms with Gasteiger partial charge in [0.05, 0.1) is 12.9 Å². The van der Waals surface area contributed by atoms with Crippen molar-refractivity contribution in [3.05, 3.63) is 29.8 Å². The van der Waals surface area contributed by atoms with E-state index in [0.717, 1.165) is 37.4 Å². The van der Waals surface area contributed by atoms with Gasteiger partial charge in [-0.3, -0.25) is 25.1 Å². The van der Waals surface area contributed by atoms with Gasteiger partial charge in [0.25, 0.3) is 11.8 Å². The van der Waals surface area contributed by atoms with Crippen molar-refractivity contribution >= 4 is 46.2 Å². The second-order valence-electron chi connectivity index (χ2n) is 6.55. The first-order valence-corrected chi connectivity index (χ1v) is 10.1. The summed E-state index contributed by atoms with van der Waals surface area (Å²) in [6, 6.07) is 6.45. The largest absolute Gasteiger partial charge is 0.497 e. The van der Waals surface area contributed by atoms with Crippen molar-refractivity contribution in [2.45, 2.75) is 31.7 Å². The van der Waals surface area contributed by atoms with Gasteiger partial charge in [-0.1, -0.05) is 24.6 Å². The fourth-order valence-corrected chi connectivity index (χ4v) is 3.66. The minimum atomic E-state index is -0.703. The number of rotatable bonds is 5. The van der Waals surface area contributed by atoms with Crippen molar-refractivity contribution in [3.63, 3.8) is 0 Å². The summed E-state index contributed by atoms with van der Waals surface area (Å²) in [5, 5.41) is 13.5. The SMILES string of the molecule is COc1ccc(C(=O)N=C2C(=N)N=C(SCC(=O)NC3CCCC3)NC2=O)cc1. The second kappa shape index (κ2) is 9.46. The number of hydrogen-bond donors (Lipinski definition) is 3. The molecule has 1 aliphatic carbocycles. The van der Waals surface area contributed by atoms with Gasteiger partial charge in [-0.05, 0) is 37.1 Å². The summed E-state index contributed by atoms with van der Waals surface area (Å²) in [5.41, 5.74) is -0.114. The molecule has 2 aliphatic rings. The summed E-state index contributed by atoms with van der Waals surface area (Å²) in [5.74, 6) is -1.26. The highest BCUT2D eigenvalue weighted by Crippen LogP contribution is 2.18. The van der Waals surface area contributed by atoms with E-state index in [1.54, 1.807) is 12.1 Å². The number of hydrogen-bond acceptors (Lipinski definition) is 6. The fourth-order valence-electron chi connectivity index (χ4n) is 2.99. The van der Waals surface area contributed by atoms with Crippen molar-refractivity contribution in [2.24, 2.45) is 9.98 Å². The average molecular weight is 415 g/mol. The molecular formula is C19H21N5O4S. The molecule has 0 aromatic heterocycles.